The predicted molar refractivity (Wildman–Crippen MR) is 123 cm³/mol. The van der Waals surface area contributed by atoms with E-state index in [0.29, 0.717) is 30.2 Å². The summed E-state index contributed by atoms with van der Waals surface area (Å²) in [6, 6.07) is 18.3. The van der Waals surface area contributed by atoms with Crippen LogP contribution in [0.3, 0.4) is 0 Å². The predicted octanol–water partition coefficient (Wildman–Crippen LogP) is 3.75. The number of nitrogens with zero attached hydrogens (tertiary/aromatic N) is 4. The maximum atomic E-state index is 12.4. The van der Waals surface area contributed by atoms with Crippen LogP contribution in [0.2, 0.25) is 0 Å². The zero-order chi connectivity index (χ0) is 22.8. The molecule has 1 aliphatic rings. The Kier molecular flexibility index (Phi) is 5.48. The van der Waals surface area contributed by atoms with Crippen molar-refractivity contribution in [1.29, 1.82) is 0 Å². The van der Waals surface area contributed by atoms with Gasteiger partial charge in [-0.1, -0.05) is 17.3 Å². The molecule has 1 aliphatic heterocycles. The molecule has 3 heterocycles. The minimum atomic E-state index is -0.132. The summed E-state index contributed by atoms with van der Waals surface area (Å²) in [5.74, 6) is 1.68. The van der Waals surface area contributed by atoms with Crippen LogP contribution in [0, 0.1) is 0 Å². The smallest absolute Gasteiger partial charge is 0.259 e. The molecule has 0 spiro atoms. The van der Waals surface area contributed by atoms with E-state index >= 15 is 0 Å². The molecule has 2 aromatic heterocycles. The van der Waals surface area contributed by atoms with Crippen molar-refractivity contribution in [3.63, 3.8) is 0 Å². The monoisotopic (exact) mass is 442 g/mol. The number of benzene rings is 2. The van der Waals surface area contributed by atoms with Crippen molar-refractivity contribution in [1.82, 2.24) is 14.7 Å². The number of hydrogen-bond acceptors (Lipinski definition) is 6. The second-order valence-corrected chi connectivity index (χ2v) is 7.85. The van der Waals surface area contributed by atoms with E-state index in [0.717, 1.165) is 35.5 Å². The van der Waals surface area contributed by atoms with Crippen LogP contribution in [0.15, 0.2) is 76.2 Å². The third-order valence-corrected chi connectivity index (χ3v) is 5.68. The number of pyridine rings is 1. The van der Waals surface area contributed by atoms with Gasteiger partial charge < -0.3 is 18.7 Å². The molecule has 1 saturated heterocycles. The molecule has 0 bridgehead atoms. The van der Waals surface area contributed by atoms with Crippen LogP contribution in [0.1, 0.15) is 18.4 Å². The van der Waals surface area contributed by atoms with Gasteiger partial charge in [0.15, 0.2) is 0 Å². The molecule has 33 heavy (non-hydrogen) atoms. The summed E-state index contributed by atoms with van der Waals surface area (Å²) in [5.41, 5.74) is 3.16. The number of hydrogen-bond donors (Lipinski definition) is 0. The Bertz CT molecular complexity index is 1340. The van der Waals surface area contributed by atoms with Gasteiger partial charge in [-0.05, 0) is 54.4 Å². The normalized spacial score (nSPS) is 13.5. The Morgan fingerprint density at radius 1 is 0.970 bits per heavy atom. The number of ether oxygens (including phenoxy) is 1. The summed E-state index contributed by atoms with van der Waals surface area (Å²) < 4.78 is 12.2. The van der Waals surface area contributed by atoms with Crippen LogP contribution in [0.5, 0.6) is 5.75 Å². The molecule has 5 rings (SSSR count). The average Bonchev–Trinajstić information content (AvgIpc) is 3.51. The van der Waals surface area contributed by atoms with E-state index in [-0.39, 0.29) is 11.5 Å². The van der Waals surface area contributed by atoms with Crippen LogP contribution in [0.4, 0.5) is 5.69 Å². The largest absolute Gasteiger partial charge is 0.497 e. The van der Waals surface area contributed by atoms with E-state index < -0.39 is 0 Å². The molecule has 166 valence electrons. The maximum Gasteiger partial charge on any atom is 0.259 e. The van der Waals surface area contributed by atoms with Gasteiger partial charge in [-0.2, -0.15) is 4.98 Å². The quantitative estimate of drug-likeness (QED) is 0.452. The average molecular weight is 442 g/mol. The first-order chi connectivity index (χ1) is 16.1. The van der Waals surface area contributed by atoms with Crippen molar-refractivity contribution < 1.29 is 14.1 Å². The summed E-state index contributed by atoms with van der Waals surface area (Å²) in [6.07, 6.45) is 3.20. The molecule has 4 aromatic rings. The number of carbonyl (C=O) groups excluding carboxylic acids is 1. The summed E-state index contributed by atoms with van der Waals surface area (Å²) >= 11 is 0. The second-order valence-electron chi connectivity index (χ2n) is 7.85. The lowest BCUT2D eigenvalue weighted by Gasteiger charge is -2.16. The highest BCUT2D eigenvalue weighted by molar-refractivity contribution is 5.95. The molecule has 0 saturated carbocycles. The highest BCUT2D eigenvalue weighted by Crippen LogP contribution is 2.24. The first kappa shape index (κ1) is 20.7. The Balaban J connectivity index is 1.36. The zero-order valence-electron chi connectivity index (χ0n) is 18.1. The van der Waals surface area contributed by atoms with Crippen LogP contribution in [-0.4, -0.2) is 34.3 Å². The molecule has 0 radical (unpaired) electrons. The fourth-order valence-electron chi connectivity index (χ4n) is 3.88. The standard InChI is InChI=1S/C25H22N4O4/c1-32-21-11-6-18(7-12-21)24-26-25(33-27-24)19-8-13-22(30)28(16-19)15-17-4-9-20(10-5-17)29-14-2-3-23(29)31/h4-13,16H,2-3,14-15H2,1H3. The molecule has 0 atom stereocenters. The van der Waals surface area contributed by atoms with Gasteiger partial charge in [-0.15, -0.1) is 0 Å². The molecule has 1 fully saturated rings. The van der Waals surface area contributed by atoms with Gasteiger partial charge in [0.25, 0.3) is 11.4 Å². The second kappa shape index (κ2) is 8.74. The lowest BCUT2D eigenvalue weighted by atomic mass is 10.2. The van der Waals surface area contributed by atoms with Crippen LogP contribution >= 0.6 is 0 Å². The summed E-state index contributed by atoms with van der Waals surface area (Å²) in [5, 5.41) is 4.06. The van der Waals surface area contributed by atoms with Crippen molar-refractivity contribution in [3.05, 3.63) is 82.8 Å². The molecule has 2 aromatic carbocycles. The van der Waals surface area contributed by atoms with Gasteiger partial charge in [0, 0.05) is 36.5 Å². The van der Waals surface area contributed by atoms with Gasteiger partial charge in [0.05, 0.1) is 19.2 Å². The summed E-state index contributed by atoms with van der Waals surface area (Å²) in [6.45, 7) is 1.14. The number of rotatable bonds is 6. The topological polar surface area (TPSA) is 90.5 Å². The van der Waals surface area contributed by atoms with E-state index in [1.165, 1.54) is 6.07 Å². The van der Waals surface area contributed by atoms with Crippen molar-refractivity contribution in [2.75, 3.05) is 18.6 Å². The molecule has 0 unspecified atom stereocenters. The number of methoxy groups -OCH3 is 1. The SMILES string of the molecule is COc1ccc(-c2noc(-c3ccc(=O)n(Cc4ccc(N5CCCC5=O)cc4)c3)n2)cc1. The molecule has 0 aliphatic carbocycles. The van der Waals surface area contributed by atoms with E-state index in [9.17, 15) is 9.59 Å². The Hall–Kier alpha value is -4.20. The Morgan fingerprint density at radius 3 is 2.42 bits per heavy atom. The third kappa shape index (κ3) is 4.27. The maximum absolute atomic E-state index is 12.4. The highest BCUT2D eigenvalue weighted by Gasteiger charge is 2.21. The fraction of sp³-hybridized carbons (Fsp3) is 0.200. The lowest BCUT2D eigenvalue weighted by molar-refractivity contribution is -0.117. The number of carbonyl (C=O) groups is 1. The third-order valence-electron chi connectivity index (χ3n) is 5.68. The van der Waals surface area contributed by atoms with Gasteiger partial charge in [0.1, 0.15) is 5.75 Å². The molecular formula is C25H22N4O4. The van der Waals surface area contributed by atoms with E-state index in [1.54, 1.807) is 28.8 Å². The number of aromatic nitrogens is 3. The van der Waals surface area contributed by atoms with Crippen LogP contribution in [-0.2, 0) is 11.3 Å². The number of amides is 1. The molecule has 8 nitrogen and oxygen atoms in total. The van der Waals surface area contributed by atoms with Crippen molar-refractivity contribution in [3.8, 4) is 28.6 Å². The van der Waals surface area contributed by atoms with E-state index in [1.807, 2.05) is 48.5 Å². The summed E-state index contributed by atoms with van der Waals surface area (Å²) in [7, 11) is 1.61. The molecular weight excluding hydrogens is 420 g/mol. The minimum absolute atomic E-state index is 0.132. The lowest BCUT2D eigenvalue weighted by Crippen LogP contribution is -2.23. The van der Waals surface area contributed by atoms with Gasteiger partial charge in [0.2, 0.25) is 11.7 Å². The first-order valence-corrected chi connectivity index (χ1v) is 10.7. The van der Waals surface area contributed by atoms with Gasteiger partial charge >= 0.3 is 0 Å². The van der Waals surface area contributed by atoms with Crippen LogP contribution in [0.25, 0.3) is 22.8 Å². The molecule has 0 N–H and O–H groups in total. The minimum Gasteiger partial charge on any atom is -0.497 e. The Labute approximate surface area is 190 Å². The van der Waals surface area contributed by atoms with Crippen molar-refractivity contribution >= 4 is 11.6 Å². The van der Waals surface area contributed by atoms with Crippen molar-refractivity contribution in [2.45, 2.75) is 19.4 Å². The molecule has 8 heteroatoms. The molecule has 1 amide bonds. The first-order valence-electron chi connectivity index (χ1n) is 10.7. The fourth-order valence-corrected chi connectivity index (χ4v) is 3.88. The Morgan fingerprint density at radius 2 is 1.73 bits per heavy atom. The zero-order valence-corrected chi connectivity index (χ0v) is 18.1. The van der Waals surface area contributed by atoms with E-state index in [2.05, 4.69) is 10.1 Å². The summed E-state index contributed by atoms with van der Waals surface area (Å²) in [4.78, 5) is 30.7. The number of anilines is 1. The van der Waals surface area contributed by atoms with E-state index in [4.69, 9.17) is 9.26 Å². The van der Waals surface area contributed by atoms with Crippen molar-refractivity contribution in [2.24, 2.45) is 0 Å². The van der Waals surface area contributed by atoms with Crippen LogP contribution < -0.4 is 15.2 Å². The highest BCUT2D eigenvalue weighted by atomic mass is 16.5. The van der Waals surface area contributed by atoms with Gasteiger partial charge in [-0.25, -0.2) is 0 Å². The van der Waals surface area contributed by atoms with Gasteiger partial charge in [-0.3, -0.25) is 9.59 Å².